The van der Waals surface area contributed by atoms with Crippen molar-refractivity contribution in [3.05, 3.63) is 59.7 Å². The Morgan fingerprint density at radius 3 is 2.03 bits per heavy atom. The molecule has 0 radical (unpaired) electrons. The number of amides is 1. The van der Waals surface area contributed by atoms with Crippen LogP contribution in [0.2, 0.25) is 0 Å². The van der Waals surface area contributed by atoms with Gasteiger partial charge in [0.2, 0.25) is 11.1 Å². The van der Waals surface area contributed by atoms with Gasteiger partial charge < -0.3 is 5.32 Å². The molecule has 0 aliphatic carbocycles. The summed E-state index contributed by atoms with van der Waals surface area (Å²) in [7, 11) is 0. The highest BCUT2D eigenvalue weighted by atomic mass is 32.2. The van der Waals surface area contributed by atoms with Crippen LogP contribution in [-0.4, -0.2) is 32.9 Å². The Hall–Kier alpha value is -2.73. The van der Waals surface area contributed by atoms with E-state index in [9.17, 15) is 4.79 Å². The lowest BCUT2D eigenvalue weighted by Crippen LogP contribution is -2.33. The molecule has 3 rings (SSSR count). The normalized spacial score (nSPS) is 11.9. The van der Waals surface area contributed by atoms with Crippen molar-refractivity contribution in [2.24, 2.45) is 0 Å². The molecule has 0 aliphatic rings. The van der Waals surface area contributed by atoms with Crippen LogP contribution < -0.4 is 5.32 Å². The first-order valence-electron chi connectivity index (χ1n) is 9.77. The van der Waals surface area contributed by atoms with Crippen LogP contribution in [0.3, 0.4) is 0 Å². The van der Waals surface area contributed by atoms with E-state index in [4.69, 9.17) is 4.98 Å². The summed E-state index contributed by atoms with van der Waals surface area (Å²) in [5.74, 6) is 0.246. The van der Waals surface area contributed by atoms with Gasteiger partial charge in [0.25, 0.3) is 0 Å². The minimum atomic E-state index is -0.0209. The van der Waals surface area contributed by atoms with E-state index in [1.165, 1.54) is 22.9 Å². The Morgan fingerprint density at radius 1 is 0.931 bits per heavy atom. The Balaban J connectivity index is 1.90. The van der Waals surface area contributed by atoms with Crippen molar-refractivity contribution >= 4 is 17.7 Å². The lowest BCUT2D eigenvalue weighted by Gasteiger charge is -2.12. The first-order valence-corrected chi connectivity index (χ1v) is 10.8. The second kappa shape index (κ2) is 9.65. The van der Waals surface area contributed by atoms with E-state index in [1.54, 1.807) is 0 Å². The van der Waals surface area contributed by atoms with Crippen LogP contribution in [0.5, 0.6) is 0 Å². The average Bonchev–Trinajstić information content (AvgIpc) is 2.73. The zero-order valence-electron chi connectivity index (χ0n) is 17.3. The molecule has 1 heterocycles. The summed E-state index contributed by atoms with van der Waals surface area (Å²) in [6.07, 6.45) is 0.900. The fourth-order valence-electron chi connectivity index (χ4n) is 2.74. The number of carbonyl (C=O) groups is 1. The monoisotopic (exact) mass is 406 g/mol. The molecule has 1 N–H and O–H groups in total. The Labute approximate surface area is 176 Å². The number of carbonyl (C=O) groups excluding carboxylic acids is 1. The summed E-state index contributed by atoms with van der Waals surface area (Å²) in [6.45, 7) is 8.15. The summed E-state index contributed by atoms with van der Waals surface area (Å²) in [5, 5.41) is 12.2. The smallest absolute Gasteiger partial charge is 0.230 e. The van der Waals surface area contributed by atoms with Crippen molar-refractivity contribution in [1.82, 2.24) is 20.5 Å². The molecule has 2 aromatic carbocycles. The van der Waals surface area contributed by atoms with E-state index in [-0.39, 0.29) is 17.7 Å². The largest absolute Gasteiger partial charge is 0.353 e. The first kappa shape index (κ1) is 21.0. The number of aromatic nitrogens is 3. The van der Waals surface area contributed by atoms with E-state index in [2.05, 4.69) is 53.6 Å². The van der Waals surface area contributed by atoms with Crippen LogP contribution >= 0.6 is 11.8 Å². The lowest BCUT2D eigenvalue weighted by atomic mass is 10.0. The van der Waals surface area contributed by atoms with Gasteiger partial charge in [-0.05, 0) is 27.2 Å². The quantitative estimate of drug-likeness (QED) is 0.569. The van der Waals surface area contributed by atoms with Crippen LogP contribution in [-0.2, 0) is 4.79 Å². The number of hydrogen-bond donors (Lipinski definition) is 1. The zero-order valence-corrected chi connectivity index (χ0v) is 18.1. The lowest BCUT2D eigenvalue weighted by molar-refractivity contribution is -0.119. The molecule has 1 atom stereocenters. The second-order valence-electron chi connectivity index (χ2n) is 7.19. The Kier molecular flexibility index (Phi) is 6.99. The van der Waals surface area contributed by atoms with Gasteiger partial charge in [-0.2, -0.15) is 0 Å². The molecule has 29 heavy (non-hydrogen) atoms. The summed E-state index contributed by atoms with van der Waals surface area (Å²) in [4.78, 5) is 16.8. The Morgan fingerprint density at radius 2 is 1.48 bits per heavy atom. The van der Waals surface area contributed by atoms with Crippen molar-refractivity contribution < 1.29 is 4.79 Å². The van der Waals surface area contributed by atoms with Crippen molar-refractivity contribution in [3.63, 3.8) is 0 Å². The van der Waals surface area contributed by atoms with Gasteiger partial charge in [0, 0.05) is 17.2 Å². The highest BCUT2D eigenvalue weighted by molar-refractivity contribution is 7.99. The van der Waals surface area contributed by atoms with Crippen molar-refractivity contribution in [3.8, 4) is 22.5 Å². The number of benzene rings is 2. The van der Waals surface area contributed by atoms with Gasteiger partial charge in [-0.15, -0.1) is 10.2 Å². The first-order chi connectivity index (χ1) is 14.0. The highest BCUT2D eigenvalue weighted by Gasteiger charge is 2.15. The van der Waals surface area contributed by atoms with Crippen molar-refractivity contribution in [2.45, 2.75) is 45.3 Å². The molecule has 1 unspecified atom stereocenters. The van der Waals surface area contributed by atoms with Crippen LogP contribution in [0.15, 0.2) is 53.7 Å². The third-order valence-corrected chi connectivity index (χ3v) is 5.51. The molecule has 150 valence electrons. The third-order valence-electron chi connectivity index (χ3n) is 4.67. The number of hydrogen-bond acceptors (Lipinski definition) is 5. The van der Waals surface area contributed by atoms with Crippen LogP contribution in [0.1, 0.15) is 31.4 Å². The summed E-state index contributed by atoms with van der Waals surface area (Å²) in [5.41, 5.74) is 5.83. The van der Waals surface area contributed by atoms with E-state index >= 15 is 0 Å². The molecule has 0 aliphatic heterocycles. The van der Waals surface area contributed by atoms with Gasteiger partial charge in [0.1, 0.15) is 11.4 Å². The maximum Gasteiger partial charge on any atom is 0.230 e. The number of aryl methyl sites for hydroxylation is 2. The van der Waals surface area contributed by atoms with E-state index in [0.29, 0.717) is 5.16 Å². The molecule has 1 amide bonds. The SMILES string of the molecule is CCC(C)NC(=O)CSc1nnc(-c2ccc(C)cc2)c(-c2ccc(C)cc2)n1. The molecule has 0 saturated heterocycles. The predicted molar refractivity (Wildman–Crippen MR) is 119 cm³/mol. The van der Waals surface area contributed by atoms with Gasteiger partial charge in [-0.1, -0.05) is 78.3 Å². The van der Waals surface area contributed by atoms with E-state index < -0.39 is 0 Å². The van der Waals surface area contributed by atoms with Crippen LogP contribution in [0, 0.1) is 13.8 Å². The molecular weight excluding hydrogens is 380 g/mol. The molecule has 1 aromatic heterocycles. The minimum Gasteiger partial charge on any atom is -0.353 e. The van der Waals surface area contributed by atoms with Crippen LogP contribution in [0.25, 0.3) is 22.5 Å². The Bertz CT molecular complexity index is 971. The number of thioether (sulfide) groups is 1. The fraction of sp³-hybridized carbons (Fsp3) is 0.304. The van der Waals surface area contributed by atoms with Gasteiger partial charge in [-0.3, -0.25) is 4.79 Å². The molecule has 0 saturated carbocycles. The molecule has 6 heteroatoms. The average molecular weight is 407 g/mol. The maximum atomic E-state index is 12.1. The van der Waals surface area contributed by atoms with Gasteiger partial charge in [0.05, 0.1) is 5.75 Å². The number of rotatable bonds is 7. The zero-order chi connectivity index (χ0) is 20.8. The van der Waals surface area contributed by atoms with E-state index in [0.717, 1.165) is 28.9 Å². The summed E-state index contributed by atoms with van der Waals surface area (Å²) in [6, 6.07) is 16.5. The van der Waals surface area contributed by atoms with Gasteiger partial charge >= 0.3 is 0 Å². The topological polar surface area (TPSA) is 67.8 Å². The standard InChI is InChI=1S/C23H26N4OS/c1-5-17(4)24-20(28)14-29-23-25-21(18-10-6-15(2)7-11-18)22(26-27-23)19-12-8-16(3)9-13-19/h6-13,17H,5,14H2,1-4H3,(H,24,28). The summed E-state index contributed by atoms with van der Waals surface area (Å²) >= 11 is 1.30. The minimum absolute atomic E-state index is 0.0209. The predicted octanol–water partition coefficient (Wildman–Crippen LogP) is 4.83. The molecule has 5 nitrogen and oxygen atoms in total. The summed E-state index contributed by atoms with van der Waals surface area (Å²) < 4.78 is 0. The van der Waals surface area contributed by atoms with Gasteiger partial charge in [0.15, 0.2) is 0 Å². The van der Waals surface area contributed by atoms with E-state index in [1.807, 2.05) is 38.1 Å². The second-order valence-corrected chi connectivity index (χ2v) is 8.13. The number of nitrogens with zero attached hydrogens (tertiary/aromatic N) is 3. The third kappa shape index (κ3) is 5.64. The van der Waals surface area contributed by atoms with Crippen molar-refractivity contribution in [2.75, 3.05) is 5.75 Å². The molecule has 0 bridgehead atoms. The maximum absolute atomic E-state index is 12.1. The van der Waals surface area contributed by atoms with Crippen molar-refractivity contribution in [1.29, 1.82) is 0 Å². The number of nitrogens with one attached hydrogen (secondary N) is 1. The molecule has 0 spiro atoms. The molecule has 0 fully saturated rings. The van der Waals surface area contributed by atoms with Gasteiger partial charge in [-0.25, -0.2) is 4.98 Å². The molecule has 3 aromatic rings. The molecular formula is C23H26N4OS. The highest BCUT2D eigenvalue weighted by Crippen LogP contribution is 2.30. The van der Waals surface area contributed by atoms with Crippen LogP contribution in [0.4, 0.5) is 0 Å². The fourth-order valence-corrected chi connectivity index (χ4v) is 3.34.